The van der Waals surface area contributed by atoms with Crippen molar-refractivity contribution >= 4 is 11.1 Å². The predicted octanol–water partition coefficient (Wildman–Crippen LogP) is 12.2. The van der Waals surface area contributed by atoms with Gasteiger partial charge in [0.15, 0.2) is 0 Å². The maximum Gasteiger partial charge on any atom is 0.115 e. The highest BCUT2D eigenvalue weighted by molar-refractivity contribution is 6.04. The monoisotopic (exact) mass is 572 g/mol. The molecule has 4 aromatic carbocycles. The number of hydrogen-bond acceptors (Lipinski definition) is 1. The third kappa shape index (κ3) is 10.3. The van der Waals surface area contributed by atoms with Crippen molar-refractivity contribution in [3.05, 3.63) is 137 Å². The molecule has 0 aliphatic rings. The van der Waals surface area contributed by atoms with Crippen LogP contribution in [0.2, 0.25) is 0 Å². The van der Waals surface area contributed by atoms with Crippen LogP contribution in [-0.2, 0) is 12.8 Å². The molecule has 226 valence electrons. The first-order valence-electron chi connectivity index (χ1n) is 17.0. The molecule has 0 bridgehead atoms. The van der Waals surface area contributed by atoms with Crippen molar-refractivity contribution in [1.82, 2.24) is 0 Å². The average Bonchev–Trinajstić information content (AvgIpc) is 3.05. The Morgan fingerprint density at radius 2 is 0.744 bits per heavy atom. The lowest BCUT2D eigenvalue weighted by molar-refractivity contribution is 0.475. The number of phenolic OH excluding ortho intramolecular Hbond substituents is 1. The summed E-state index contributed by atoms with van der Waals surface area (Å²) in [4.78, 5) is 0. The maximum atomic E-state index is 10.1. The number of aromatic hydroxyl groups is 1. The summed E-state index contributed by atoms with van der Waals surface area (Å²) in [7, 11) is 0. The molecule has 0 aliphatic carbocycles. The van der Waals surface area contributed by atoms with Crippen molar-refractivity contribution in [2.45, 2.75) is 104 Å². The molecular formula is C42H52O. The van der Waals surface area contributed by atoms with Gasteiger partial charge in [0.2, 0.25) is 0 Å². The number of aryl methyl sites for hydroxylation is 2. The molecule has 43 heavy (non-hydrogen) atoms. The molecule has 1 nitrogen and oxygen atoms in total. The van der Waals surface area contributed by atoms with E-state index in [9.17, 15) is 5.11 Å². The Kier molecular flexibility index (Phi) is 13.7. The zero-order valence-corrected chi connectivity index (χ0v) is 26.7. The minimum atomic E-state index is 0.288. The van der Waals surface area contributed by atoms with Crippen LogP contribution >= 0.6 is 0 Å². The first kappa shape index (κ1) is 32.3. The molecule has 0 radical (unpaired) electrons. The summed E-state index contributed by atoms with van der Waals surface area (Å²) < 4.78 is 0. The van der Waals surface area contributed by atoms with Gasteiger partial charge < -0.3 is 5.11 Å². The van der Waals surface area contributed by atoms with Gasteiger partial charge in [0, 0.05) is 0 Å². The fraction of sp³-hybridized carbons (Fsp3) is 0.381. The van der Waals surface area contributed by atoms with Gasteiger partial charge in [-0.05, 0) is 82.3 Å². The number of hydrogen-bond donors (Lipinski definition) is 1. The Hall–Kier alpha value is -3.58. The Morgan fingerprint density at radius 1 is 0.395 bits per heavy atom. The van der Waals surface area contributed by atoms with Crippen LogP contribution in [0.3, 0.4) is 0 Å². The maximum absolute atomic E-state index is 10.1. The summed E-state index contributed by atoms with van der Waals surface area (Å²) in [5, 5.41) is 10.1. The van der Waals surface area contributed by atoms with Crippen molar-refractivity contribution in [2.24, 2.45) is 0 Å². The van der Waals surface area contributed by atoms with Crippen LogP contribution in [0.15, 0.2) is 103 Å². The summed E-state index contributed by atoms with van der Waals surface area (Å²) in [5.41, 5.74) is 9.98. The lowest BCUT2D eigenvalue weighted by atomic mass is 9.85. The van der Waals surface area contributed by atoms with Crippen LogP contribution in [0.4, 0.5) is 0 Å². The number of unbranched alkanes of at least 4 members (excludes halogenated alkanes) is 10. The summed E-state index contributed by atoms with van der Waals surface area (Å²) >= 11 is 0. The van der Waals surface area contributed by atoms with Gasteiger partial charge >= 0.3 is 0 Å². The van der Waals surface area contributed by atoms with Crippen LogP contribution in [0.5, 0.6) is 5.75 Å². The molecule has 1 N–H and O–H groups in total. The highest BCUT2D eigenvalue weighted by atomic mass is 16.3. The van der Waals surface area contributed by atoms with Gasteiger partial charge in [-0.15, -0.1) is 0 Å². The van der Waals surface area contributed by atoms with E-state index in [1.807, 2.05) is 12.1 Å². The standard InChI is InChI=1S/C42H52O/c1-3-5-7-9-11-14-18-34-22-26-37(27-23-34)42(38-28-24-35(25-29-38)19-15-12-10-8-6-4-2)41(36-20-16-13-17-21-36)39-30-32-40(43)33-31-39/h13,16-17,20-33,43H,3-12,14-15,18-19H2,1-2H3. The second-order valence-corrected chi connectivity index (χ2v) is 12.1. The SMILES string of the molecule is CCCCCCCCc1ccc(C(=C(c2ccccc2)c2ccc(O)cc2)c2ccc(CCCCCCCC)cc2)cc1. The quantitative estimate of drug-likeness (QED) is 0.0928. The highest BCUT2D eigenvalue weighted by Gasteiger charge is 2.16. The molecule has 0 heterocycles. The third-order valence-electron chi connectivity index (χ3n) is 8.59. The van der Waals surface area contributed by atoms with Crippen molar-refractivity contribution in [3.63, 3.8) is 0 Å². The minimum absolute atomic E-state index is 0.288. The smallest absolute Gasteiger partial charge is 0.115 e. The molecule has 0 saturated carbocycles. The molecule has 4 aromatic rings. The summed E-state index contributed by atoms with van der Waals surface area (Å²) in [6.07, 6.45) is 18.2. The predicted molar refractivity (Wildman–Crippen MR) is 187 cm³/mol. The molecule has 0 fully saturated rings. The van der Waals surface area contributed by atoms with E-state index >= 15 is 0 Å². The van der Waals surface area contributed by atoms with E-state index in [1.54, 1.807) is 12.1 Å². The summed E-state index contributed by atoms with van der Waals surface area (Å²) in [6, 6.07) is 36.9. The van der Waals surface area contributed by atoms with E-state index in [4.69, 9.17) is 0 Å². The second-order valence-electron chi connectivity index (χ2n) is 12.1. The first-order chi connectivity index (χ1) is 21.2. The highest BCUT2D eigenvalue weighted by Crippen LogP contribution is 2.37. The van der Waals surface area contributed by atoms with Gasteiger partial charge in [0.05, 0.1) is 0 Å². The normalized spacial score (nSPS) is 11.0. The van der Waals surface area contributed by atoms with E-state index in [-0.39, 0.29) is 5.75 Å². The van der Waals surface area contributed by atoms with Gasteiger partial charge in [0.1, 0.15) is 5.75 Å². The van der Waals surface area contributed by atoms with Crippen molar-refractivity contribution in [2.75, 3.05) is 0 Å². The Bertz CT molecular complexity index is 1280. The van der Waals surface area contributed by atoms with Gasteiger partial charge in [0.25, 0.3) is 0 Å². The fourth-order valence-corrected chi connectivity index (χ4v) is 6.04. The number of rotatable bonds is 18. The molecule has 0 aromatic heterocycles. The van der Waals surface area contributed by atoms with Crippen LogP contribution in [0.25, 0.3) is 11.1 Å². The van der Waals surface area contributed by atoms with Crippen LogP contribution in [-0.4, -0.2) is 5.11 Å². The Labute approximate surface area is 261 Å². The average molecular weight is 573 g/mol. The molecule has 0 atom stereocenters. The Balaban J connectivity index is 1.65. The molecule has 0 amide bonds. The molecular weight excluding hydrogens is 520 g/mol. The van der Waals surface area contributed by atoms with E-state index in [0.29, 0.717) is 0 Å². The van der Waals surface area contributed by atoms with Crippen molar-refractivity contribution in [1.29, 1.82) is 0 Å². The van der Waals surface area contributed by atoms with E-state index in [1.165, 1.54) is 116 Å². The molecule has 0 unspecified atom stereocenters. The lowest BCUT2D eigenvalue weighted by Gasteiger charge is -2.19. The topological polar surface area (TPSA) is 20.2 Å². The Morgan fingerprint density at radius 3 is 1.16 bits per heavy atom. The van der Waals surface area contributed by atoms with Crippen molar-refractivity contribution < 1.29 is 5.11 Å². The van der Waals surface area contributed by atoms with Crippen LogP contribution in [0, 0.1) is 0 Å². The largest absolute Gasteiger partial charge is 0.508 e. The van der Waals surface area contributed by atoms with Gasteiger partial charge in [-0.25, -0.2) is 0 Å². The zero-order chi connectivity index (χ0) is 30.1. The molecule has 1 heteroatoms. The minimum Gasteiger partial charge on any atom is -0.508 e. The molecule has 0 spiro atoms. The van der Waals surface area contributed by atoms with E-state index in [2.05, 4.69) is 92.7 Å². The van der Waals surface area contributed by atoms with E-state index in [0.717, 1.165) is 18.4 Å². The van der Waals surface area contributed by atoms with Crippen LogP contribution < -0.4 is 0 Å². The molecule has 0 aliphatic heterocycles. The molecule has 0 saturated heterocycles. The van der Waals surface area contributed by atoms with Crippen molar-refractivity contribution in [3.8, 4) is 5.75 Å². The lowest BCUT2D eigenvalue weighted by Crippen LogP contribution is -1.98. The van der Waals surface area contributed by atoms with Gasteiger partial charge in [-0.2, -0.15) is 0 Å². The zero-order valence-electron chi connectivity index (χ0n) is 26.7. The van der Waals surface area contributed by atoms with Gasteiger partial charge in [-0.3, -0.25) is 0 Å². The number of phenols is 1. The second kappa shape index (κ2) is 18.2. The molecule has 4 rings (SSSR count). The van der Waals surface area contributed by atoms with Crippen LogP contribution in [0.1, 0.15) is 124 Å². The van der Waals surface area contributed by atoms with E-state index < -0.39 is 0 Å². The first-order valence-corrected chi connectivity index (χ1v) is 17.0. The fourth-order valence-electron chi connectivity index (χ4n) is 6.04. The summed E-state index contributed by atoms with van der Waals surface area (Å²) in [5.74, 6) is 0.288. The van der Waals surface area contributed by atoms with Gasteiger partial charge in [-0.1, -0.05) is 169 Å². The number of benzene rings is 4. The summed E-state index contributed by atoms with van der Waals surface area (Å²) in [6.45, 7) is 4.56. The third-order valence-corrected chi connectivity index (χ3v) is 8.59.